The van der Waals surface area contributed by atoms with Crippen LogP contribution in [0.5, 0.6) is 0 Å². The van der Waals surface area contributed by atoms with Crippen molar-refractivity contribution in [1.29, 1.82) is 0 Å². The van der Waals surface area contributed by atoms with Crippen molar-refractivity contribution in [2.45, 2.75) is 51.3 Å². The van der Waals surface area contributed by atoms with Crippen molar-refractivity contribution in [3.8, 4) is 11.3 Å². The number of aliphatic imine (C=N–C) groups is 1. The SMILES string of the molecule is CCNC(=NCc1ncoc1-c1ccccc1)NC1C2CCOC2C12CCC2.I. The molecular weight excluding hydrogens is 479 g/mol. The number of nitrogens with zero attached hydrogens (tertiary/aromatic N) is 2. The fraction of sp³-hybridized carbons (Fsp3) is 0.545. The molecule has 2 aromatic rings. The zero-order valence-corrected chi connectivity index (χ0v) is 19.1. The van der Waals surface area contributed by atoms with E-state index in [9.17, 15) is 0 Å². The van der Waals surface area contributed by atoms with E-state index in [0.29, 0.717) is 30.0 Å². The number of guanidine groups is 1. The molecule has 1 aliphatic heterocycles. The third-order valence-corrected chi connectivity index (χ3v) is 6.74. The lowest BCUT2D eigenvalue weighted by molar-refractivity contribution is -0.171. The molecule has 6 nitrogen and oxygen atoms in total. The molecule has 1 spiro atoms. The lowest BCUT2D eigenvalue weighted by Crippen LogP contribution is -2.72. The Kier molecular flexibility index (Phi) is 6.15. The highest BCUT2D eigenvalue weighted by Gasteiger charge is 2.66. The molecule has 29 heavy (non-hydrogen) atoms. The van der Waals surface area contributed by atoms with Crippen LogP contribution in [0.1, 0.15) is 38.3 Å². The quantitative estimate of drug-likeness (QED) is 0.364. The Hall–Kier alpha value is -1.61. The first-order valence-corrected chi connectivity index (χ1v) is 10.5. The fourth-order valence-corrected chi connectivity index (χ4v) is 5.28. The Morgan fingerprint density at radius 3 is 2.83 bits per heavy atom. The van der Waals surface area contributed by atoms with Crippen LogP contribution >= 0.6 is 24.0 Å². The number of halogens is 1. The van der Waals surface area contributed by atoms with Gasteiger partial charge in [-0.1, -0.05) is 36.8 Å². The maximum Gasteiger partial charge on any atom is 0.191 e. The molecule has 1 saturated heterocycles. The topological polar surface area (TPSA) is 71.7 Å². The van der Waals surface area contributed by atoms with Gasteiger partial charge in [0.1, 0.15) is 5.69 Å². The Bertz CT molecular complexity index is 850. The van der Waals surface area contributed by atoms with Gasteiger partial charge in [0, 0.05) is 36.1 Å². The van der Waals surface area contributed by atoms with Crippen LogP contribution in [0.25, 0.3) is 11.3 Å². The van der Waals surface area contributed by atoms with Crippen molar-refractivity contribution in [3.05, 3.63) is 42.4 Å². The fourth-order valence-electron chi connectivity index (χ4n) is 5.28. The van der Waals surface area contributed by atoms with Gasteiger partial charge >= 0.3 is 0 Å². The molecule has 2 heterocycles. The predicted octanol–water partition coefficient (Wildman–Crippen LogP) is 3.97. The number of aromatic nitrogens is 1. The normalized spacial score (nSPS) is 26.8. The molecule has 5 rings (SSSR count). The number of benzene rings is 1. The standard InChI is InChI=1S/C22H28N4O2.HI/c1-2-23-21(26-19-16-9-12-27-20(16)22(19)10-6-11-22)24-13-17-18(28-14-25-17)15-7-4-3-5-8-15;/h3-5,7-8,14,16,19-20H,2,6,9-13H2,1H3,(H2,23,24,26);1H. The lowest BCUT2D eigenvalue weighted by Gasteiger charge is -2.63. The third kappa shape index (κ3) is 3.56. The number of rotatable bonds is 5. The van der Waals surface area contributed by atoms with E-state index in [1.165, 1.54) is 25.7 Å². The van der Waals surface area contributed by atoms with Crippen LogP contribution in [0.3, 0.4) is 0 Å². The summed E-state index contributed by atoms with van der Waals surface area (Å²) >= 11 is 0. The zero-order valence-electron chi connectivity index (χ0n) is 16.8. The van der Waals surface area contributed by atoms with E-state index in [1.807, 2.05) is 30.3 Å². The average molecular weight is 508 g/mol. The predicted molar refractivity (Wildman–Crippen MR) is 123 cm³/mol. The van der Waals surface area contributed by atoms with E-state index in [-0.39, 0.29) is 24.0 Å². The molecule has 3 atom stereocenters. The van der Waals surface area contributed by atoms with Crippen molar-refractivity contribution in [3.63, 3.8) is 0 Å². The van der Waals surface area contributed by atoms with Gasteiger partial charge in [-0.25, -0.2) is 9.98 Å². The van der Waals surface area contributed by atoms with Crippen LogP contribution in [0.2, 0.25) is 0 Å². The van der Waals surface area contributed by atoms with Gasteiger partial charge in [-0.15, -0.1) is 24.0 Å². The summed E-state index contributed by atoms with van der Waals surface area (Å²) in [4.78, 5) is 9.23. The van der Waals surface area contributed by atoms with Crippen LogP contribution < -0.4 is 10.6 Å². The number of ether oxygens (including phenoxy) is 1. The molecule has 0 radical (unpaired) electrons. The molecule has 2 saturated carbocycles. The second-order valence-corrected chi connectivity index (χ2v) is 8.14. The van der Waals surface area contributed by atoms with Crippen molar-refractivity contribution in [2.24, 2.45) is 16.3 Å². The number of oxazole rings is 1. The molecule has 156 valence electrons. The molecule has 7 heteroatoms. The second-order valence-electron chi connectivity index (χ2n) is 8.14. The van der Waals surface area contributed by atoms with Crippen LogP contribution in [0.15, 0.2) is 46.1 Å². The van der Waals surface area contributed by atoms with Crippen molar-refractivity contribution in [2.75, 3.05) is 13.2 Å². The molecular formula is C22H29IN4O2. The number of nitrogens with one attached hydrogen (secondary N) is 2. The summed E-state index contributed by atoms with van der Waals surface area (Å²) in [7, 11) is 0. The summed E-state index contributed by atoms with van der Waals surface area (Å²) in [5.74, 6) is 2.28. The third-order valence-electron chi connectivity index (χ3n) is 6.74. The van der Waals surface area contributed by atoms with Gasteiger partial charge < -0.3 is 19.8 Å². The Balaban J connectivity index is 0.00000205. The molecule has 3 unspecified atom stereocenters. The van der Waals surface area contributed by atoms with Gasteiger partial charge in [0.2, 0.25) is 0 Å². The van der Waals surface area contributed by atoms with Crippen LogP contribution in [-0.4, -0.2) is 36.2 Å². The van der Waals surface area contributed by atoms with Gasteiger partial charge in [-0.05, 0) is 26.2 Å². The summed E-state index contributed by atoms with van der Waals surface area (Å²) in [5.41, 5.74) is 2.22. The zero-order chi connectivity index (χ0) is 19.0. The summed E-state index contributed by atoms with van der Waals surface area (Å²) in [6, 6.07) is 10.5. The lowest BCUT2D eigenvalue weighted by atomic mass is 9.46. The molecule has 0 amide bonds. The first-order valence-electron chi connectivity index (χ1n) is 10.5. The molecule has 2 aliphatic carbocycles. The number of fused-ring (bicyclic) bond motifs is 2. The minimum Gasteiger partial charge on any atom is -0.443 e. The monoisotopic (exact) mass is 508 g/mol. The maximum atomic E-state index is 6.04. The Morgan fingerprint density at radius 2 is 2.10 bits per heavy atom. The summed E-state index contributed by atoms with van der Waals surface area (Å²) in [5, 5.41) is 7.15. The van der Waals surface area contributed by atoms with Gasteiger partial charge in [0.05, 0.1) is 12.6 Å². The van der Waals surface area contributed by atoms with E-state index >= 15 is 0 Å². The Morgan fingerprint density at radius 1 is 1.28 bits per heavy atom. The van der Waals surface area contributed by atoms with Gasteiger partial charge in [-0.3, -0.25) is 0 Å². The maximum absolute atomic E-state index is 6.04. The van der Waals surface area contributed by atoms with E-state index < -0.39 is 0 Å². The molecule has 1 aromatic heterocycles. The first kappa shape index (κ1) is 20.7. The van der Waals surface area contributed by atoms with Gasteiger partial charge in [-0.2, -0.15) is 0 Å². The summed E-state index contributed by atoms with van der Waals surface area (Å²) < 4.78 is 11.7. The van der Waals surface area contributed by atoms with Crippen molar-refractivity contribution < 1.29 is 9.15 Å². The van der Waals surface area contributed by atoms with Crippen LogP contribution in [0.4, 0.5) is 0 Å². The largest absolute Gasteiger partial charge is 0.443 e. The van der Waals surface area contributed by atoms with Crippen LogP contribution in [0, 0.1) is 11.3 Å². The summed E-state index contributed by atoms with van der Waals surface area (Å²) in [6.45, 7) is 4.33. The van der Waals surface area contributed by atoms with E-state index in [2.05, 4.69) is 22.5 Å². The molecule has 2 N–H and O–H groups in total. The first-order chi connectivity index (χ1) is 13.8. The minimum atomic E-state index is 0. The molecule has 3 fully saturated rings. The highest BCUT2D eigenvalue weighted by Crippen LogP contribution is 2.62. The minimum absolute atomic E-state index is 0. The van der Waals surface area contributed by atoms with Crippen molar-refractivity contribution in [1.82, 2.24) is 15.6 Å². The smallest absolute Gasteiger partial charge is 0.191 e. The second kappa shape index (κ2) is 8.63. The van der Waals surface area contributed by atoms with Gasteiger partial charge in [0.15, 0.2) is 18.1 Å². The Labute approximate surface area is 188 Å². The highest BCUT2D eigenvalue weighted by atomic mass is 127. The molecule has 0 bridgehead atoms. The van der Waals surface area contributed by atoms with Crippen LogP contribution in [-0.2, 0) is 11.3 Å². The van der Waals surface area contributed by atoms with Gasteiger partial charge in [0.25, 0.3) is 0 Å². The summed E-state index contributed by atoms with van der Waals surface area (Å²) in [6.07, 6.45) is 6.98. The molecule has 3 aliphatic rings. The van der Waals surface area contributed by atoms with Crippen molar-refractivity contribution >= 4 is 29.9 Å². The average Bonchev–Trinajstić information content (AvgIpc) is 3.31. The highest BCUT2D eigenvalue weighted by molar-refractivity contribution is 14.0. The number of hydrogen-bond acceptors (Lipinski definition) is 4. The van der Waals surface area contributed by atoms with E-state index in [0.717, 1.165) is 42.5 Å². The number of hydrogen-bond donors (Lipinski definition) is 2. The van der Waals surface area contributed by atoms with E-state index in [4.69, 9.17) is 14.1 Å². The van der Waals surface area contributed by atoms with E-state index in [1.54, 1.807) is 0 Å². The molecule has 1 aromatic carbocycles.